The molecule has 2 aromatic carbocycles. The summed E-state index contributed by atoms with van der Waals surface area (Å²) in [5.41, 5.74) is 5.47. The standard InChI is InChI=1S/C20H24/c1-4-17-8-10-19(11-9-17)7-6-16(3)20-14-12-18(5-2)13-15-20/h4,8-16H,1,5-7H2,2-3H3. The fourth-order valence-corrected chi connectivity index (χ4v) is 2.45. The van der Waals surface area contributed by atoms with E-state index >= 15 is 0 Å². The van der Waals surface area contributed by atoms with Gasteiger partial charge in [0.1, 0.15) is 0 Å². The molecule has 2 aromatic rings. The van der Waals surface area contributed by atoms with Crippen LogP contribution < -0.4 is 0 Å². The first-order valence-corrected chi connectivity index (χ1v) is 7.53. The Bertz CT molecular complexity index is 531. The third-order valence-corrected chi connectivity index (χ3v) is 4.04. The molecule has 20 heavy (non-hydrogen) atoms. The minimum absolute atomic E-state index is 0.611. The fraction of sp³-hybridized carbons (Fsp3) is 0.300. The van der Waals surface area contributed by atoms with Crippen molar-refractivity contribution in [1.82, 2.24) is 0 Å². The van der Waals surface area contributed by atoms with Gasteiger partial charge in [-0.1, -0.05) is 75.0 Å². The third kappa shape index (κ3) is 3.84. The predicted molar refractivity (Wildman–Crippen MR) is 89.1 cm³/mol. The number of rotatable bonds is 6. The monoisotopic (exact) mass is 264 g/mol. The van der Waals surface area contributed by atoms with E-state index in [2.05, 4.69) is 69.0 Å². The van der Waals surface area contributed by atoms with Crippen molar-refractivity contribution < 1.29 is 0 Å². The molecule has 1 unspecified atom stereocenters. The molecule has 0 aromatic heterocycles. The highest BCUT2D eigenvalue weighted by molar-refractivity contribution is 5.47. The van der Waals surface area contributed by atoms with Gasteiger partial charge in [-0.25, -0.2) is 0 Å². The van der Waals surface area contributed by atoms with Crippen LogP contribution in [0.15, 0.2) is 55.1 Å². The van der Waals surface area contributed by atoms with Crippen LogP contribution in [-0.4, -0.2) is 0 Å². The molecule has 0 aliphatic rings. The van der Waals surface area contributed by atoms with E-state index in [1.165, 1.54) is 28.7 Å². The molecular formula is C20H24. The van der Waals surface area contributed by atoms with Crippen molar-refractivity contribution in [1.29, 1.82) is 0 Å². The predicted octanol–water partition coefficient (Wildman–Crippen LogP) is 5.63. The van der Waals surface area contributed by atoms with Crippen LogP contribution >= 0.6 is 0 Å². The van der Waals surface area contributed by atoms with Crippen molar-refractivity contribution in [3.8, 4) is 0 Å². The molecule has 0 heteroatoms. The fourth-order valence-electron chi connectivity index (χ4n) is 2.45. The van der Waals surface area contributed by atoms with Crippen LogP contribution in [0.4, 0.5) is 0 Å². The normalized spacial score (nSPS) is 12.1. The Morgan fingerprint density at radius 2 is 1.55 bits per heavy atom. The second-order valence-electron chi connectivity index (χ2n) is 5.48. The Labute approximate surface area is 123 Å². The molecule has 0 N–H and O–H groups in total. The summed E-state index contributed by atoms with van der Waals surface area (Å²) in [6, 6.07) is 17.8. The van der Waals surface area contributed by atoms with Gasteiger partial charge in [0.15, 0.2) is 0 Å². The van der Waals surface area contributed by atoms with Crippen molar-refractivity contribution >= 4 is 6.08 Å². The van der Waals surface area contributed by atoms with E-state index < -0.39 is 0 Å². The topological polar surface area (TPSA) is 0 Å². The van der Waals surface area contributed by atoms with Gasteiger partial charge in [0, 0.05) is 0 Å². The second kappa shape index (κ2) is 7.09. The van der Waals surface area contributed by atoms with Gasteiger partial charge in [-0.2, -0.15) is 0 Å². The minimum Gasteiger partial charge on any atom is -0.0985 e. The van der Waals surface area contributed by atoms with E-state index in [4.69, 9.17) is 0 Å². The zero-order chi connectivity index (χ0) is 14.4. The first-order chi connectivity index (χ1) is 9.72. The van der Waals surface area contributed by atoms with Gasteiger partial charge in [-0.3, -0.25) is 0 Å². The highest BCUT2D eigenvalue weighted by Gasteiger charge is 2.05. The van der Waals surface area contributed by atoms with Gasteiger partial charge in [-0.05, 0) is 47.4 Å². The summed E-state index contributed by atoms with van der Waals surface area (Å²) < 4.78 is 0. The number of aryl methyl sites for hydroxylation is 2. The molecule has 2 rings (SSSR count). The van der Waals surface area contributed by atoms with Crippen molar-refractivity contribution in [2.24, 2.45) is 0 Å². The zero-order valence-corrected chi connectivity index (χ0v) is 12.6. The van der Waals surface area contributed by atoms with Gasteiger partial charge in [0.25, 0.3) is 0 Å². The lowest BCUT2D eigenvalue weighted by Crippen LogP contribution is -1.97. The maximum Gasteiger partial charge on any atom is -0.0187 e. The number of hydrogen-bond donors (Lipinski definition) is 0. The Hall–Kier alpha value is -1.82. The van der Waals surface area contributed by atoms with E-state index in [9.17, 15) is 0 Å². The Morgan fingerprint density at radius 3 is 2.10 bits per heavy atom. The largest absolute Gasteiger partial charge is 0.0985 e. The lowest BCUT2D eigenvalue weighted by molar-refractivity contribution is 0.679. The maximum atomic E-state index is 3.79. The highest BCUT2D eigenvalue weighted by atomic mass is 14.1. The molecule has 1 atom stereocenters. The summed E-state index contributed by atoms with van der Waals surface area (Å²) in [7, 11) is 0. The first kappa shape index (κ1) is 14.6. The van der Waals surface area contributed by atoms with E-state index in [0.717, 1.165) is 12.8 Å². The minimum atomic E-state index is 0.611. The van der Waals surface area contributed by atoms with Crippen molar-refractivity contribution in [2.45, 2.75) is 39.0 Å². The van der Waals surface area contributed by atoms with Gasteiger partial charge in [0.2, 0.25) is 0 Å². The molecule has 0 amide bonds. The van der Waals surface area contributed by atoms with Crippen molar-refractivity contribution in [3.63, 3.8) is 0 Å². The van der Waals surface area contributed by atoms with Crippen LogP contribution in [0.2, 0.25) is 0 Å². The first-order valence-electron chi connectivity index (χ1n) is 7.53. The Balaban J connectivity index is 1.93. The lowest BCUT2D eigenvalue weighted by atomic mass is 9.93. The molecule has 0 aliphatic carbocycles. The molecular weight excluding hydrogens is 240 g/mol. The van der Waals surface area contributed by atoms with Gasteiger partial charge in [0.05, 0.1) is 0 Å². The third-order valence-electron chi connectivity index (χ3n) is 4.04. The van der Waals surface area contributed by atoms with Crippen molar-refractivity contribution in [2.75, 3.05) is 0 Å². The van der Waals surface area contributed by atoms with E-state index in [1.807, 2.05) is 6.08 Å². The molecule has 0 saturated carbocycles. The van der Waals surface area contributed by atoms with Gasteiger partial charge < -0.3 is 0 Å². The molecule has 0 fully saturated rings. The summed E-state index contributed by atoms with van der Waals surface area (Å²) in [5, 5.41) is 0. The molecule has 0 nitrogen and oxygen atoms in total. The molecule has 0 heterocycles. The summed E-state index contributed by atoms with van der Waals surface area (Å²) >= 11 is 0. The quantitative estimate of drug-likeness (QED) is 0.634. The van der Waals surface area contributed by atoms with Gasteiger partial charge >= 0.3 is 0 Å². The summed E-state index contributed by atoms with van der Waals surface area (Å²) in [5.74, 6) is 0.611. The van der Waals surface area contributed by atoms with E-state index in [-0.39, 0.29) is 0 Å². The van der Waals surface area contributed by atoms with Crippen LogP contribution in [0.25, 0.3) is 6.08 Å². The molecule has 0 aliphatic heterocycles. The lowest BCUT2D eigenvalue weighted by Gasteiger charge is -2.12. The van der Waals surface area contributed by atoms with Crippen LogP contribution in [0, 0.1) is 0 Å². The molecule has 0 spiro atoms. The number of benzene rings is 2. The average Bonchev–Trinajstić information content (AvgIpc) is 2.53. The summed E-state index contributed by atoms with van der Waals surface area (Å²) in [4.78, 5) is 0. The molecule has 104 valence electrons. The van der Waals surface area contributed by atoms with Crippen LogP contribution in [0.3, 0.4) is 0 Å². The highest BCUT2D eigenvalue weighted by Crippen LogP contribution is 2.22. The average molecular weight is 264 g/mol. The SMILES string of the molecule is C=Cc1ccc(CCC(C)c2ccc(CC)cc2)cc1. The van der Waals surface area contributed by atoms with E-state index in [0.29, 0.717) is 5.92 Å². The Kier molecular flexibility index (Phi) is 5.17. The van der Waals surface area contributed by atoms with Crippen LogP contribution in [0.1, 0.15) is 48.4 Å². The van der Waals surface area contributed by atoms with Crippen LogP contribution in [0.5, 0.6) is 0 Å². The molecule has 0 bridgehead atoms. The summed E-state index contributed by atoms with van der Waals surface area (Å²) in [6.07, 6.45) is 5.33. The van der Waals surface area contributed by atoms with Crippen LogP contribution in [-0.2, 0) is 12.8 Å². The van der Waals surface area contributed by atoms with Crippen molar-refractivity contribution in [3.05, 3.63) is 77.4 Å². The molecule has 0 radical (unpaired) electrons. The summed E-state index contributed by atoms with van der Waals surface area (Å²) in [6.45, 7) is 8.31. The smallest absolute Gasteiger partial charge is 0.0187 e. The molecule has 0 saturated heterocycles. The second-order valence-corrected chi connectivity index (χ2v) is 5.48. The van der Waals surface area contributed by atoms with E-state index in [1.54, 1.807) is 0 Å². The maximum absolute atomic E-state index is 3.79. The Morgan fingerprint density at radius 1 is 0.950 bits per heavy atom. The number of hydrogen-bond acceptors (Lipinski definition) is 0. The van der Waals surface area contributed by atoms with Gasteiger partial charge in [-0.15, -0.1) is 0 Å². The zero-order valence-electron chi connectivity index (χ0n) is 12.6.